The molecule has 0 heterocycles. The van der Waals surface area contributed by atoms with Crippen LogP contribution in [0.5, 0.6) is 0 Å². The molecule has 1 atom stereocenters. The highest BCUT2D eigenvalue weighted by atomic mass is 32.2. The predicted octanol–water partition coefficient (Wildman–Crippen LogP) is 3.48. The molecule has 0 saturated heterocycles. The number of hydrazone groups is 1. The molecule has 21 heavy (non-hydrogen) atoms. The van der Waals surface area contributed by atoms with Gasteiger partial charge in [0.1, 0.15) is 0 Å². The van der Waals surface area contributed by atoms with Gasteiger partial charge in [-0.25, -0.2) is 4.83 Å². The lowest BCUT2D eigenvalue weighted by Gasteiger charge is -2.20. The molecule has 1 saturated carbocycles. The Balaban J connectivity index is 2.09. The number of hydrogen-bond donors (Lipinski definition) is 1. The molecule has 1 fully saturated rings. The van der Waals surface area contributed by atoms with Crippen molar-refractivity contribution < 1.29 is 8.42 Å². The molecule has 1 aromatic carbocycles. The van der Waals surface area contributed by atoms with E-state index in [0.29, 0.717) is 5.92 Å². The lowest BCUT2D eigenvalue weighted by molar-refractivity contribution is 0.552. The molecule has 1 aliphatic rings. The number of rotatable bonds is 5. The Bertz CT molecular complexity index is 591. The van der Waals surface area contributed by atoms with Crippen molar-refractivity contribution in [3.8, 4) is 0 Å². The SMILES string of the molecule is CCCc1ccc(S(=O)(=O)NN=C2CCCCC2C)cc1. The Labute approximate surface area is 127 Å². The summed E-state index contributed by atoms with van der Waals surface area (Å²) >= 11 is 0. The zero-order valence-electron chi connectivity index (χ0n) is 12.8. The molecule has 2 rings (SSSR count). The second kappa shape index (κ2) is 7.07. The van der Waals surface area contributed by atoms with E-state index < -0.39 is 10.0 Å². The number of nitrogens with one attached hydrogen (secondary N) is 1. The van der Waals surface area contributed by atoms with Crippen LogP contribution in [0, 0.1) is 5.92 Å². The predicted molar refractivity (Wildman–Crippen MR) is 85.8 cm³/mol. The van der Waals surface area contributed by atoms with E-state index in [1.165, 1.54) is 6.42 Å². The van der Waals surface area contributed by atoms with Gasteiger partial charge < -0.3 is 0 Å². The first-order valence-electron chi connectivity index (χ1n) is 7.70. The zero-order valence-corrected chi connectivity index (χ0v) is 13.6. The van der Waals surface area contributed by atoms with Crippen LogP contribution in [0.25, 0.3) is 0 Å². The average Bonchev–Trinajstić information content (AvgIpc) is 2.47. The topological polar surface area (TPSA) is 58.5 Å². The minimum atomic E-state index is -3.55. The summed E-state index contributed by atoms with van der Waals surface area (Å²) in [5.41, 5.74) is 2.12. The highest BCUT2D eigenvalue weighted by Crippen LogP contribution is 2.21. The largest absolute Gasteiger partial charge is 0.276 e. The van der Waals surface area contributed by atoms with Crippen LogP contribution in [-0.2, 0) is 16.4 Å². The number of hydrogen-bond acceptors (Lipinski definition) is 3. The van der Waals surface area contributed by atoms with E-state index in [1.54, 1.807) is 12.1 Å². The number of aryl methyl sites for hydroxylation is 1. The van der Waals surface area contributed by atoms with Gasteiger partial charge in [0, 0.05) is 5.71 Å². The van der Waals surface area contributed by atoms with Gasteiger partial charge in [-0.15, -0.1) is 0 Å². The minimum absolute atomic E-state index is 0.273. The molecule has 0 aliphatic heterocycles. The maximum atomic E-state index is 12.2. The van der Waals surface area contributed by atoms with Crippen molar-refractivity contribution >= 4 is 15.7 Å². The fourth-order valence-electron chi connectivity index (χ4n) is 2.63. The van der Waals surface area contributed by atoms with E-state index in [1.807, 2.05) is 12.1 Å². The fraction of sp³-hybridized carbons (Fsp3) is 0.562. The lowest BCUT2D eigenvalue weighted by atomic mass is 9.89. The van der Waals surface area contributed by atoms with E-state index in [-0.39, 0.29) is 4.90 Å². The summed E-state index contributed by atoms with van der Waals surface area (Å²) in [4.78, 5) is 2.66. The van der Waals surface area contributed by atoms with Crippen molar-refractivity contribution in [2.75, 3.05) is 0 Å². The Kier molecular flexibility index (Phi) is 5.39. The van der Waals surface area contributed by atoms with Crippen LogP contribution in [0.4, 0.5) is 0 Å². The standard InChI is InChI=1S/C16H24N2O2S/c1-3-6-14-9-11-15(12-10-14)21(19,20)18-17-16-8-5-4-7-13(16)2/h9-13,18H,3-8H2,1-2H3. The van der Waals surface area contributed by atoms with Crippen LogP contribution in [0.1, 0.15) is 51.5 Å². The van der Waals surface area contributed by atoms with Crippen LogP contribution in [0.2, 0.25) is 0 Å². The lowest BCUT2D eigenvalue weighted by Crippen LogP contribution is -2.24. The van der Waals surface area contributed by atoms with Gasteiger partial charge in [0.2, 0.25) is 0 Å². The first-order chi connectivity index (χ1) is 10.0. The third-order valence-electron chi connectivity index (χ3n) is 3.97. The Morgan fingerprint density at radius 3 is 2.57 bits per heavy atom. The van der Waals surface area contributed by atoms with Crippen LogP contribution < -0.4 is 4.83 Å². The summed E-state index contributed by atoms with van der Waals surface area (Å²) in [5.74, 6) is 0.369. The fourth-order valence-corrected chi connectivity index (χ4v) is 3.47. The molecule has 1 unspecified atom stereocenters. The van der Waals surface area contributed by atoms with Gasteiger partial charge in [0.05, 0.1) is 4.90 Å². The maximum Gasteiger partial charge on any atom is 0.276 e. The van der Waals surface area contributed by atoms with Gasteiger partial charge in [0.15, 0.2) is 0 Å². The molecule has 0 amide bonds. The zero-order chi connectivity index (χ0) is 15.3. The van der Waals surface area contributed by atoms with Crippen molar-refractivity contribution in [2.24, 2.45) is 11.0 Å². The molecule has 1 aromatic rings. The molecular formula is C16H24N2O2S. The van der Waals surface area contributed by atoms with Gasteiger partial charge in [0.25, 0.3) is 10.0 Å². The molecule has 5 heteroatoms. The number of sulfonamides is 1. The monoisotopic (exact) mass is 308 g/mol. The summed E-state index contributed by atoms with van der Waals surface area (Å²) in [5, 5.41) is 4.15. The third-order valence-corrected chi connectivity index (χ3v) is 5.20. The molecule has 1 N–H and O–H groups in total. The second-order valence-corrected chi connectivity index (χ2v) is 7.40. The smallest absolute Gasteiger partial charge is 0.200 e. The molecule has 116 valence electrons. The molecular weight excluding hydrogens is 284 g/mol. The van der Waals surface area contributed by atoms with E-state index in [9.17, 15) is 8.42 Å². The van der Waals surface area contributed by atoms with Gasteiger partial charge >= 0.3 is 0 Å². The molecule has 1 aliphatic carbocycles. The van der Waals surface area contributed by atoms with E-state index in [2.05, 4.69) is 23.8 Å². The Morgan fingerprint density at radius 2 is 1.95 bits per heavy atom. The Morgan fingerprint density at radius 1 is 1.24 bits per heavy atom. The summed E-state index contributed by atoms with van der Waals surface area (Å²) in [6.45, 7) is 4.21. The quantitative estimate of drug-likeness (QED) is 0.847. The van der Waals surface area contributed by atoms with Crippen molar-refractivity contribution in [3.63, 3.8) is 0 Å². The van der Waals surface area contributed by atoms with Crippen molar-refractivity contribution in [3.05, 3.63) is 29.8 Å². The molecule has 0 bridgehead atoms. The van der Waals surface area contributed by atoms with Crippen molar-refractivity contribution in [1.82, 2.24) is 4.83 Å². The van der Waals surface area contributed by atoms with Gasteiger partial charge in [-0.3, -0.25) is 0 Å². The first kappa shape index (κ1) is 16.0. The summed E-state index contributed by atoms with van der Waals surface area (Å²) in [6, 6.07) is 7.04. The van der Waals surface area contributed by atoms with E-state index in [0.717, 1.165) is 43.4 Å². The van der Waals surface area contributed by atoms with Crippen molar-refractivity contribution in [1.29, 1.82) is 0 Å². The van der Waals surface area contributed by atoms with Crippen molar-refractivity contribution in [2.45, 2.75) is 57.3 Å². The molecule has 0 aromatic heterocycles. The maximum absolute atomic E-state index is 12.2. The summed E-state index contributed by atoms with van der Waals surface area (Å²) in [6.07, 6.45) is 6.29. The van der Waals surface area contributed by atoms with Crippen LogP contribution in [-0.4, -0.2) is 14.1 Å². The molecule has 4 nitrogen and oxygen atoms in total. The summed E-state index contributed by atoms with van der Waals surface area (Å²) < 4.78 is 24.5. The summed E-state index contributed by atoms with van der Waals surface area (Å²) in [7, 11) is -3.55. The number of nitrogens with zero attached hydrogens (tertiary/aromatic N) is 1. The average molecular weight is 308 g/mol. The van der Waals surface area contributed by atoms with Crippen LogP contribution in [0.3, 0.4) is 0 Å². The van der Waals surface area contributed by atoms with E-state index in [4.69, 9.17) is 0 Å². The van der Waals surface area contributed by atoms with Gasteiger partial charge in [-0.2, -0.15) is 13.5 Å². The highest BCUT2D eigenvalue weighted by molar-refractivity contribution is 7.89. The van der Waals surface area contributed by atoms with Gasteiger partial charge in [-0.1, -0.05) is 38.8 Å². The minimum Gasteiger partial charge on any atom is -0.200 e. The molecule has 0 spiro atoms. The number of benzene rings is 1. The highest BCUT2D eigenvalue weighted by Gasteiger charge is 2.18. The van der Waals surface area contributed by atoms with Gasteiger partial charge in [-0.05, 0) is 49.3 Å². The Hall–Kier alpha value is -1.36. The third kappa shape index (κ3) is 4.30. The van der Waals surface area contributed by atoms with Crippen LogP contribution >= 0.6 is 0 Å². The van der Waals surface area contributed by atoms with Crippen LogP contribution in [0.15, 0.2) is 34.3 Å². The normalized spacial score (nSPS) is 21.4. The molecule has 0 radical (unpaired) electrons. The first-order valence-corrected chi connectivity index (χ1v) is 9.18. The second-order valence-electron chi connectivity index (χ2n) is 5.74. The van der Waals surface area contributed by atoms with E-state index >= 15 is 0 Å².